The summed E-state index contributed by atoms with van der Waals surface area (Å²) in [5.41, 5.74) is 7.67. The first-order valence-electron chi connectivity index (χ1n) is 11.0. The molecule has 1 heteroatoms. The van der Waals surface area contributed by atoms with E-state index in [2.05, 4.69) is 103 Å². The first-order chi connectivity index (χ1) is 13.3. The Morgan fingerprint density at radius 1 is 0.828 bits per heavy atom. The predicted molar refractivity (Wildman–Crippen MR) is 122 cm³/mol. The first kappa shape index (κ1) is 17.7. The van der Waals surface area contributed by atoms with Crippen molar-refractivity contribution in [2.75, 3.05) is 0 Å². The molecule has 0 N–H and O–H groups in total. The van der Waals surface area contributed by atoms with E-state index in [1.54, 1.807) is 11.1 Å². The number of fused-ring (bicyclic) bond motifs is 5. The van der Waals surface area contributed by atoms with Gasteiger partial charge in [-0.05, 0) is 57.4 Å². The van der Waals surface area contributed by atoms with E-state index in [9.17, 15) is 0 Å². The highest BCUT2D eigenvalue weighted by atomic mass is 15.1. The molecule has 2 unspecified atom stereocenters. The van der Waals surface area contributed by atoms with Crippen molar-refractivity contribution in [3.8, 4) is 0 Å². The largest absolute Gasteiger partial charge is 0.221 e. The molecule has 148 valence electrons. The van der Waals surface area contributed by atoms with Gasteiger partial charge in [-0.1, -0.05) is 60.3 Å². The summed E-state index contributed by atoms with van der Waals surface area (Å²) < 4.78 is 2.52. The molecule has 2 atom stereocenters. The van der Waals surface area contributed by atoms with Crippen LogP contribution in [0.1, 0.15) is 72.1 Å². The second-order valence-corrected chi connectivity index (χ2v) is 11.7. The highest BCUT2D eigenvalue weighted by molar-refractivity contribution is 6.10. The number of aromatic nitrogens is 1. The molecule has 2 aliphatic carbocycles. The summed E-state index contributed by atoms with van der Waals surface area (Å²) in [6, 6.07) is 11.8. The van der Waals surface area contributed by atoms with Gasteiger partial charge in [0.05, 0.1) is 10.8 Å². The zero-order valence-electron chi connectivity index (χ0n) is 19.1. The lowest BCUT2D eigenvalue weighted by atomic mass is 9.59. The molecular formula is C28H32N+. The molecule has 1 aromatic heterocycles. The van der Waals surface area contributed by atoms with Crippen molar-refractivity contribution >= 4 is 21.7 Å². The van der Waals surface area contributed by atoms with E-state index in [0.717, 1.165) is 0 Å². The second kappa shape index (κ2) is 4.31. The monoisotopic (exact) mass is 382 g/mol. The smallest absolute Gasteiger partial charge is 0.187 e. The molecule has 2 aromatic carbocycles. The molecule has 0 bridgehead atoms. The van der Waals surface area contributed by atoms with Crippen LogP contribution in [0, 0.1) is 5.41 Å². The van der Waals surface area contributed by atoms with Crippen LogP contribution < -0.4 is 4.57 Å². The van der Waals surface area contributed by atoms with Gasteiger partial charge in [0.15, 0.2) is 6.20 Å². The molecule has 3 aliphatic rings. The van der Waals surface area contributed by atoms with Crippen molar-refractivity contribution in [1.29, 1.82) is 0 Å². The Morgan fingerprint density at radius 3 is 2.21 bits per heavy atom. The third kappa shape index (κ3) is 1.42. The zero-order chi connectivity index (χ0) is 20.9. The summed E-state index contributed by atoms with van der Waals surface area (Å²) in [6.07, 6.45) is 2.27. The van der Waals surface area contributed by atoms with Crippen molar-refractivity contribution < 1.29 is 4.57 Å². The van der Waals surface area contributed by atoms with Gasteiger partial charge in [-0.25, -0.2) is 0 Å². The second-order valence-electron chi connectivity index (χ2n) is 11.7. The number of benzene rings is 2. The molecule has 0 amide bonds. The molecule has 1 aliphatic heterocycles. The summed E-state index contributed by atoms with van der Waals surface area (Å²) in [4.78, 5) is 0. The summed E-state index contributed by atoms with van der Waals surface area (Å²) in [5.74, 6) is 0. The fourth-order valence-electron chi connectivity index (χ4n) is 7.16. The van der Waals surface area contributed by atoms with E-state index in [1.807, 2.05) is 0 Å². The topological polar surface area (TPSA) is 3.88 Å². The van der Waals surface area contributed by atoms with Crippen LogP contribution in [-0.2, 0) is 21.8 Å². The quantitative estimate of drug-likeness (QED) is 0.239. The van der Waals surface area contributed by atoms with Crippen molar-refractivity contribution in [3.05, 3.63) is 65.4 Å². The Hall–Kier alpha value is -2.15. The zero-order valence-corrected chi connectivity index (χ0v) is 19.1. The van der Waals surface area contributed by atoms with Gasteiger partial charge in [-0.15, -0.1) is 0 Å². The van der Waals surface area contributed by atoms with E-state index in [-0.39, 0.29) is 27.2 Å². The fourth-order valence-corrected chi connectivity index (χ4v) is 7.16. The molecule has 29 heavy (non-hydrogen) atoms. The van der Waals surface area contributed by atoms with Crippen LogP contribution in [0.15, 0.2) is 48.7 Å². The van der Waals surface area contributed by atoms with Crippen LogP contribution in [0.5, 0.6) is 0 Å². The Kier molecular flexibility index (Phi) is 2.63. The maximum absolute atomic E-state index is 4.58. The summed E-state index contributed by atoms with van der Waals surface area (Å²) in [6.45, 7) is 24.1. The summed E-state index contributed by atoms with van der Waals surface area (Å²) in [7, 11) is 0. The Labute approximate surface area is 174 Å². The van der Waals surface area contributed by atoms with Gasteiger partial charge in [0.25, 0.3) is 0 Å². The average Bonchev–Trinajstić information content (AvgIpc) is 3.09. The molecule has 1 nitrogen and oxygen atoms in total. The van der Waals surface area contributed by atoms with Gasteiger partial charge >= 0.3 is 0 Å². The van der Waals surface area contributed by atoms with Gasteiger partial charge in [-0.3, -0.25) is 0 Å². The standard InChI is InChI=1S/C28H32N/c1-16-27(8)19-15-20-22(25(4,5)26(6,7)24(20,2)3)18-13-12-17-11-10-14-29(28(16,27)9)23(17)21(18)19/h10-15H,1H2,2-9H3/q+1. The Morgan fingerprint density at radius 2 is 1.52 bits per heavy atom. The maximum atomic E-state index is 4.58. The number of pyridine rings is 1. The van der Waals surface area contributed by atoms with E-state index in [4.69, 9.17) is 0 Å². The summed E-state index contributed by atoms with van der Waals surface area (Å²) in [5, 5.41) is 4.25. The number of rotatable bonds is 0. The van der Waals surface area contributed by atoms with E-state index >= 15 is 0 Å². The van der Waals surface area contributed by atoms with Crippen LogP contribution in [0.3, 0.4) is 0 Å². The Bertz CT molecular complexity index is 1320. The van der Waals surface area contributed by atoms with E-state index in [1.165, 1.54) is 32.8 Å². The van der Waals surface area contributed by atoms with Crippen molar-refractivity contribution in [3.63, 3.8) is 0 Å². The lowest BCUT2D eigenvalue weighted by Gasteiger charge is -2.44. The minimum absolute atomic E-state index is 0.000535. The molecule has 0 saturated heterocycles. The SMILES string of the molecule is C=C1C2(C)c3cc4c(c5ccc6ccc[n+](c6c35)C12C)C(C)(C)C(C)(C)C4(C)C. The molecule has 1 saturated carbocycles. The molecule has 2 heterocycles. The van der Waals surface area contributed by atoms with Gasteiger partial charge in [0, 0.05) is 23.9 Å². The molecule has 3 aromatic rings. The molecular weight excluding hydrogens is 350 g/mol. The number of allylic oxidation sites excluding steroid dienone is 1. The highest BCUT2D eigenvalue weighted by Crippen LogP contribution is 2.70. The predicted octanol–water partition coefficient (Wildman–Crippen LogP) is 6.43. The first-order valence-corrected chi connectivity index (χ1v) is 11.0. The average molecular weight is 383 g/mol. The van der Waals surface area contributed by atoms with Gasteiger partial charge in [-0.2, -0.15) is 4.57 Å². The van der Waals surface area contributed by atoms with Crippen molar-refractivity contribution in [2.45, 2.75) is 77.2 Å². The fraction of sp³-hybridized carbons (Fsp3) is 0.464. The number of hydrogen-bond acceptors (Lipinski definition) is 0. The minimum Gasteiger partial charge on any atom is -0.187 e. The van der Waals surface area contributed by atoms with Gasteiger partial charge < -0.3 is 0 Å². The molecule has 0 spiro atoms. The van der Waals surface area contributed by atoms with Gasteiger partial charge in [0.1, 0.15) is 0 Å². The minimum atomic E-state index is -0.0319. The van der Waals surface area contributed by atoms with Crippen molar-refractivity contribution in [1.82, 2.24) is 0 Å². The van der Waals surface area contributed by atoms with E-state index < -0.39 is 0 Å². The lowest BCUT2D eigenvalue weighted by molar-refractivity contribution is -0.712. The van der Waals surface area contributed by atoms with Crippen LogP contribution in [0.2, 0.25) is 0 Å². The normalized spacial score (nSPS) is 31.9. The molecule has 0 radical (unpaired) electrons. The van der Waals surface area contributed by atoms with Crippen LogP contribution >= 0.6 is 0 Å². The van der Waals surface area contributed by atoms with Crippen LogP contribution in [0.4, 0.5) is 0 Å². The highest BCUT2D eigenvalue weighted by Gasteiger charge is 2.77. The van der Waals surface area contributed by atoms with Crippen molar-refractivity contribution in [2.24, 2.45) is 5.41 Å². The molecule has 6 rings (SSSR count). The third-order valence-corrected chi connectivity index (χ3v) is 10.6. The lowest BCUT2D eigenvalue weighted by Crippen LogP contribution is -2.51. The number of nitrogens with zero attached hydrogens (tertiary/aromatic N) is 1. The summed E-state index contributed by atoms with van der Waals surface area (Å²) >= 11 is 0. The third-order valence-electron chi connectivity index (χ3n) is 10.6. The maximum Gasteiger partial charge on any atom is 0.221 e. The van der Waals surface area contributed by atoms with Crippen LogP contribution in [0.25, 0.3) is 21.7 Å². The van der Waals surface area contributed by atoms with E-state index in [0.29, 0.717) is 0 Å². The molecule has 1 fully saturated rings. The Balaban J connectivity index is 1.92. The number of hydrogen-bond donors (Lipinski definition) is 0. The van der Waals surface area contributed by atoms with Crippen LogP contribution in [-0.4, -0.2) is 0 Å². The van der Waals surface area contributed by atoms with Gasteiger partial charge in [0.2, 0.25) is 11.1 Å².